The lowest BCUT2D eigenvalue weighted by molar-refractivity contribution is 0.155. The number of hydrogen-bond donors (Lipinski definition) is 1. The maximum Gasteiger partial charge on any atom is 0.407 e. The summed E-state index contributed by atoms with van der Waals surface area (Å²) in [7, 11) is 1.63. The molecule has 90 valence electrons. The van der Waals surface area contributed by atoms with Crippen LogP contribution in [0.1, 0.15) is 58.3 Å². The number of hydrogen-bond acceptors (Lipinski definition) is 1. The summed E-state index contributed by atoms with van der Waals surface area (Å²) >= 11 is 0. The van der Waals surface area contributed by atoms with Crippen LogP contribution in [0.3, 0.4) is 0 Å². The largest absolute Gasteiger partial charge is 0.465 e. The molecule has 0 aliphatic heterocycles. The van der Waals surface area contributed by atoms with E-state index in [4.69, 9.17) is 5.11 Å². The van der Waals surface area contributed by atoms with E-state index in [1.807, 2.05) is 0 Å². The van der Waals surface area contributed by atoms with Gasteiger partial charge in [0.2, 0.25) is 0 Å². The van der Waals surface area contributed by atoms with Crippen molar-refractivity contribution in [3.8, 4) is 0 Å². The van der Waals surface area contributed by atoms with Crippen molar-refractivity contribution >= 4 is 6.09 Å². The molecule has 0 aliphatic carbocycles. The van der Waals surface area contributed by atoms with E-state index in [9.17, 15) is 4.79 Å². The number of carbonyl (C=O) groups is 1. The molecule has 0 spiro atoms. The van der Waals surface area contributed by atoms with Crippen molar-refractivity contribution in [1.82, 2.24) is 4.90 Å². The fourth-order valence-electron chi connectivity index (χ4n) is 1.58. The molecule has 0 saturated carbocycles. The van der Waals surface area contributed by atoms with Gasteiger partial charge in [-0.1, -0.05) is 51.9 Å². The van der Waals surface area contributed by atoms with Crippen LogP contribution in [0.2, 0.25) is 0 Å². The van der Waals surface area contributed by atoms with Crippen LogP contribution in [0.4, 0.5) is 4.79 Å². The standard InChI is InChI=1S/C12H25NO2/c1-3-4-5-6-7-8-9-10-11-13(2)12(14)15/h3-11H2,1-2H3,(H,14,15). The first kappa shape index (κ1) is 14.3. The summed E-state index contributed by atoms with van der Waals surface area (Å²) in [6.07, 6.45) is 9.21. The van der Waals surface area contributed by atoms with E-state index in [-0.39, 0.29) is 0 Å². The minimum Gasteiger partial charge on any atom is -0.465 e. The molecule has 1 amide bonds. The summed E-state index contributed by atoms with van der Waals surface area (Å²) in [5.74, 6) is 0. The van der Waals surface area contributed by atoms with Gasteiger partial charge in [-0.25, -0.2) is 4.79 Å². The van der Waals surface area contributed by atoms with Crippen LogP contribution >= 0.6 is 0 Å². The highest BCUT2D eigenvalue weighted by atomic mass is 16.4. The lowest BCUT2D eigenvalue weighted by Crippen LogP contribution is -2.25. The Morgan fingerprint density at radius 1 is 1.00 bits per heavy atom. The predicted octanol–water partition coefficient (Wildman–Crippen LogP) is 3.74. The van der Waals surface area contributed by atoms with Gasteiger partial charge in [0.05, 0.1) is 0 Å². The highest BCUT2D eigenvalue weighted by Gasteiger charge is 2.03. The highest BCUT2D eigenvalue weighted by Crippen LogP contribution is 2.08. The Morgan fingerprint density at radius 2 is 1.47 bits per heavy atom. The quantitative estimate of drug-likeness (QED) is 0.595. The summed E-state index contributed by atoms with van der Waals surface area (Å²) in [6.45, 7) is 2.89. The van der Waals surface area contributed by atoms with Gasteiger partial charge in [-0.05, 0) is 6.42 Å². The van der Waals surface area contributed by atoms with Gasteiger partial charge in [0.25, 0.3) is 0 Å². The van der Waals surface area contributed by atoms with Crippen molar-refractivity contribution in [2.75, 3.05) is 13.6 Å². The second kappa shape index (κ2) is 9.81. The van der Waals surface area contributed by atoms with Gasteiger partial charge in [-0.2, -0.15) is 0 Å². The Bertz CT molecular complexity index is 160. The van der Waals surface area contributed by atoms with E-state index in [0.29, 0.717) is 6.54 Å². The molecular formula is C12H25NO2. The molecule has 3 heteroatoms. The Kier molecular flexibility index (Phi) is 9.33. The summed E-state index contributed by atoms with van der Waals surface area (Å²) in [5.41, 5.74) is 0. The lowest BCUT2D eigenvalue weighted by Gasteiger charge is -2.11. The van der Waals surface area contributed by atoms with Crippen LogP contribution in [0.5, 0.6) is 0 Å². The summed E-state index contributed by atoms with van der Waals surface area (Å²) in [5, 5.41) is 8.61. The van der Waals surface area contributed by atoms with Crippen molar-refractivity contribution in [1.29, 1.82) is 0 Å². The van der Waals surface area contributed by atoms with Crippen LogP contribution in [-0.4, -0.2) is 29.7 Å². The first-order chi connectivity index (χ1) is 7.18. The molecule has 0 aromatic heterocycles. The van der Waals surface area contributed by atoms with Crippen molar-refractivity contribution in [2.45, 2.75) is 58.3 Å². The van der Waals surface area contributed by atoms with Crippen molar-refractivity contribution in [2.24, 2.45) is 0 Å². The van der Waals surface area contributed by atoms with Crippen molar-refractivity contribution in [3.63, 3.8) is 0 Å². The molecule has 3 nitrogen and oxygen atoms in total. The monoisotopic (exact) mass is 215 g/mol. The number of amides is 1. The van der Waals surface area contributed by atoms with Gasteiger partial charge in [-0.15, -0.1) is 0 Å². The molecule has 0 aliphatic rings. The third-order valence-electron chi connectivity index (χ3n) is 2.67. The molecular weight excluding hydrogens is 190 g/mol. The fourth-order valence-corrected chi connectivity index (χ4v) is 1.58. The Balaban J connectivity index is 3.08. The zero-order valence-corrected chi connectivity index (χ0v) is 10.2. The molecule has 1 N–H and O–H groups in total. The molecule has 0 radical (unpaired) electrons. The normalized spacial score (nSPS) is 10.3. The Hall–Kier alpha value is -0.730. The molecule has 0 unspecified atom stereocenters. The summed E-state index contributed by atoms with van der Waals surface area (Å²) < 4.78 is 0. The van der Waals surface area contributed by atoms with Gasteiger partial charge < -0.3 is 10.0 Å². The van der Waals surface area contributed by atoms with Gasteiger partial charge in [0.1, 0.15) is 0 Å². The van der Waals surface area contributed by atoms with E-state index in [1.54, 1.807) is 7.05 Å². The minimum atomic E-state index is -0.821. The van der Waals surface area contributed by atoms with Crippen molar-refractivity contribution in [3.05, 3.63) is 0 Å². The number of nitrogens with zero attached hydrogens (tertiary/aromatic N) is 1. The van der Waals surface area contributed by atoms with Gasteiger partial charge in [0.15, 0.2) is 0 Å². The first-order valence-corrected chi connectivity index (χ1v) is 6.12. The van der Waals surface area contributed by atoms with Gasteiger partial charge >= 0.3 is 6.09 Å². The van der Waals surface area contributed by atoms with Gasteiger partial charge in [-0.3, -0.25) is 0 Å². The second-order valence-corrected chi connectivity index (χ2v) is 4.18. The predicted molar refractivity (Wildman–Crippen MR) is 63.3 cm³/mol. The van der Waals surface area contributed by atoms with Crippen LogP contribution < -0.4 is 0 Å². The molecule has 0 saturated heterocycles. The average molecular weight is 215 g/mol. The maximum atomic E-state index is 10.5. The molecule has 15 heavy (non-hydrogen) atoms. The molecule has 0 fully saturated rings. The van der Waals surface area contributed by atoms with E-state index < -0.39 is 6.09 Å². The Labute approximate surface area is 93.5 Å². The lowest BCUT2D eigenvalue weighted by atomic mass is 10.1. The molecule has 0 aromatic carbocycles. The minimum absolute atomic E-state index is 0.671. The molecule has 0 bridgehead atoms. The van der Waals surface area contributed by atoms with Crippen molar-refractivity contribution < 1.29 is 9.90 Å². The molecule has 0 aromatic rings. The SMILES string of the molecule is CCCCCCCCCCN(C)C(=O)O. The van der Waals surface area contributed by atoms with E-state index >= 15 is 0 Å². The third kappa shape index (κ3) is 9.57. The van der Waals surface area contributed by atoms with Crippen LogP contribution in [-0.2, 0) is 0 Å². The Morgan fingerprint density at radius 3 is 1.93 bits per heavy atom. The smallest absolute Gasteiger partial charge is 0.407 e. The van der Waals surface area contributed by atoms with Crippen LogP contribution in [0, 0.1) is 0 Å². The van der Waals surface area contributed by atoms with E-state index in [1.165, 1.54) is 43.4 Å². The number of carboxylic acid groups (broad SMARTS) is 1. The first-order valence-electron chi connectivity index (χ1n) is 6.12. The van der Waals surface area contributed by atoms with Crippen LogP contribution in [0.15, 0.2) is 0 Å². The summed E-state index contributed by atoms with van der Waals surface area (Å²) in [4.78, 5) is 11.8. The second-order valence-electron chi connectivity index (χ2n) is 4.18. The zero-order valence-electron chi connectivity index (χ0n) is 10.2. The fraction of sp³-hybridized carbons (Fsp3) is 0.917. The number of rotatable bonds is 9. The topological polar surface area (TPSA) is 40.5 Å². The molecule has 0 rings (SSSR count). The van der Waals surface area contributed by atoms with E-state index in [0.717, 1.165) is 12.8 Å². The summed E-state index contributed by atoms with van der Waals surface area (Å²) in [6, 6.07) is 0. The van der Waals surface area contributed by atoms with Crippen LogP contribution in [0.25, 0.3) is 0 Å². The van der Waals surface area contributed by atoms with E-state index in [2.05, 4.69) is 6.92 Å². The average Bonchev–Trinajstić information content (AvgIpc) is 2.21. The third-order valence-corrected chi connectivity index (χ3v) is 2.67. The maximum absolute atomic E-state index is 10.5. The zero-order chi connectivity index (χ0) is 11.5. The number of unbranched alkanes of at least 4 members (excludes halogenated alkanes) is 7. The molecule has 0 heterocycles. The molecule has 0 atom stereocenters. The highest BCUT2D eigenvalue weighted by molar-refractivity contribution is 5.64. The van der Waals surface area contributed by atoms with Gasteiger partial charge in [0, 0.05) is 13.6 Å².